The number of ether oxygens (including phenoxy) is 1. The van der Waals surface area contributed by atoms with Crippen LogP contribution >= 0.6 is 0 Å². The van der Waals surface area contributed by atoms with Crippen molar-refractivity contribution in [1.29, 1.82) is 0 Å². The second kappa shape index (κ2) is 9.01. The predicted octanol–water partition coefficient (Wildman–Crippen LogP) is -9.20. The van der Waals surface area contributed by atoms with Crippen LogP contribution < -0.4 is 70.2 Å². The van der Waals surface area contributed by atoms with E-state index in [2.05, 4.69) is 15.1 Å². The smallest absolute Gasteiger partial charge is 0.476 e. The first-order valence-electron chi connectivity index (χ1n) is 6.72. The minimum absolute atomic E-state index is 0. The Labute approximate surface area is 188 Å². The van der Waals surface area contributed by atoms with E-state index in [4.69, 9.17) is 14.9 Å². The molecule has 0 aliphatic carbocycles. The largest absolute Gasteiger partial charge is 1.00 e. The van der Waals surface area contributed by atoms with Gasteiger partial charge in [-0.15, -0.1) is 0 Å². The molecule has 0 bridgehead atoms. The van der Waals surface area contributed by atoms with E-state index >= 15 is 0 Å². The maximum absolute atomic E-state index is 12.5. The van der Waals surface area contributed by atoms with E-state index in [1.54, 1.807) is 0 Å². The third-order valence-corrected chi connectivity index (χ3v) is 3.62. The van der Waals surface area contributed by atoms with Gasteiger partial charge in [-0.2, -0.15) is 0 Å². The Kier molecular flexibility index (Phi) is 8.10. The van der Waals surface area contributed by atoms with Crippen LogP contribution in [-0.4, -0.2) is 71.1 Å². The van der Waals surface area contributed by atoms with Crippen LogP contribution in [0.15, 0.2) is 15.8 Å². The number of nitrogens with one attached hydrogen (secondary N) is 1. The van der Waals surface area contributed by atoms with Crippen molar-refractivity contribution in [3.63, 3.8) is 0 Å². The summed E-state index contributed by atoms with van der Waals surface area (Å²) in [5.41, 5.74) is -3.30. The molecule has 3 heterocycles. The molecule has 0 radical (unpaired) electrons. The molecule has 12 nitrogen and oxygen atoms in total. The van der Waals surface area contributed by atoms with Crippen molar-refractivity contribution in [1.82, 2.24) is 19.7 Å². The monoisotopic (exact) mass is 386 g/mol. The molecule has 0 amide bonds. The van der Waals surface area contributed by atoms with Crippen LogP contribution in [0.2, 0.25) is 0 Å². The molecule has 0 aromatic carbocycles. The van der Waals surface area contributed by atoms with Gasteiger partial charge in [-0.05, 0) is 0 Å². The summed E-state index contributed by atoms with van der Waals surface area (Å²) in [6, 6.07) is 0. The number of aliphatic hydroxyl groups is 3. The fourth-order valence-electron chi connectivity index (χ4n) is 2.41. The summed E-state index contributed by atoms with van der Waals surface area (Å²) in [7, 11) is 0. The first-order chi connectivity index (χ1) is 11.3. The molecule has 0 spiro atoms. The Bertz CT molecular complexity index is 932. The van der Waals surface area contributed by atoms with Crippen LogP contribution in [0, 0.1) is 0 Å². The van der Waals surface area contributed by atoms with Gasteiger partial charge in [-0.3, -0.25) is 14.7 Å². The Balaban J connectivity index is 0.00000169. The number of rotatable bonds is 3. The topological polar surface area (TPSA) is 188 Å². The zero-order chi connectivity index (χ0) is 17.6. The second-order valence-corrected chi connectivity index (χ2v) is 5.10. The standard InChI is InChI=1S/C12H12N4O8.2Na/c17-2-4-7(18)8(19)11(24-4)16-10(21)6-5(9(20)15-16)13-1-3(14-6)12(22)23;;/h1,4,7-8,11,17-19H,2H2,(H,15,20)(H,22,23);;/q;2*+1/t4-,7-,8-,11-;;/m1../s1. The summed E-state index contributed by atoms with van der Waals surface area (Å²) >= 11 is 0. The molecule has 1 saturated heterocycles. The number of aromatic amines is 1. The number of aromatic carboxylic acids is 1. The molecule has 128 valence electrons. The van der Waals surface area contributed by atoms with Crippen LogP contribution in [0.5, 0.6) is 0 Å². The van der Waals surface area contributed by atoms with Crippen LogP contribution in [-0.2, 0) is 4.74 Å². The predicted molar refractivity (Wildman–Crippen MR) is 74.4 cm³/mol. The first-order valence-corrected chi connectivity index (χ1v) is 6.72. The number of H-pyrrole nitrogens is 1. The fraction of sp³-hybridized carbons (Fsp3) is 0.417. The summed E-state index contributed by atoms with van der Waals surface area (Å²) in [5.74, 6) is -1.44. The molecular weight excluding hydrogens is 374 g/mol. The molecule has 1 aliphatic heterocycles. The van der Waals surface area contributed by atoms with Gasteiger partial charge < -0.3 is 25.2 Å². The Hall–Kier alpha value is -0.670. The van der Waals surface area contributed by atoms with Gasteiger partial charge in [0.1, 0.15) is 18.3 Å². The van der Waals surface area contributed by atoms with Crippen molar-refractivity contribution in [2.75, 3.05) is 6.61 Å². The molecule has 14 heteroatoms. The van der Waals surface area contributed by atoms with E-state index in [0.29, 0.717) is 4.68 Å². The second-order valence-electron chi connectivity index (χ2n) is 5.10. The molecular formula is C12H12N4Na2O8+2. The number of hydrogen-bond donors (Lipinski definition) is 5. The number of aliphatic hydroxyl groups excluding tert-OH is 3. The number of carboxylic acid groups (broad SMARTS) is 1. The normalized spacial score (nSPS) is 24.7. The Morgan fingerprint density at radius 2 is 1.88 bits per heavy atom. The van der Waals surface area contributed by atoms with Crippen LogP contribution in [0.25, 0.3) is 11.0 Å². The van der Waals surface area contributed by atoms with Crippen molar-refractivity contribution in [3.8, 4) is 0 Å². The molecule has 5 N–H and O–H groups in total. The van der Waals surface area contributed by atoms with Crippen LogP contribution in [0.4, 0.5) is 0 Å². The Morgan fingerprint density at radius 3 is 2.42 bits per heavy atom. The summed E-state index contributed by atoms with van der Waals surface area (Å²) in [5, 5.41) is 39.8. The zero-order valence-electron chi connectivity index (χ0n) is 13.9. The summed E-state index contributed by atoms with van der Waals surface area (Å²) in [4.78, 5) is 42.6. The fourth-order valence-corrected chi connectivity index (χ4v) is 2.41. The van der Waals surface area contributed by atoms with Gasteiger partial charge >= 0.3 is 65.1 Å². The van der Waals surface area contributed by atoms with E-state index < -0.39 is 59.4 Å². The average molecular weight is 386 g/mol. The number of aromatic nitrogens is 4. The maximum Gasteiger partial charge on any atom is 1.00 e. The quantitative estimate of drug-likeness (QED) is 0.317. The molecule has 26 heavy (non-hydrogen) atoms. The SMILES string of the molecule is O=C(O)c1cnc2c(=O)[nH]n([C@@H]3O[C@H](CO)[C@@H](O)[C@H]3O)c(=O)c2n1.[Na+].[Na+]. The molecule has 1 fully saturated rings. The van der Waals surface area contributed by atoms with Crippen LogP contribution in [0.3, 0.4) is 0 Å². The maximum atomic E-state index is 12.5. The third kappa shape index (κ3) is 3.94. The van der Waals surface area contributed by atoms with Gasteiger partial charge in [0.05, 0.1) is 12.8 Å². The van der Waals surface area contributed by atoms with Gasteiger partial charge in [-0.25, -0.2) is 19.4 Å². The first kappa shape index (κ1) is 23.4. The zero-order valence-corrected chi connectivity index (χ0v) is 17.9. The average Bonchev–Trinajstić information content (AvgIpc) is 2.85. The van der Waals surface area contributed by atoms with Gasteiger partial charge in [-0.1, -0.05) is 0 Å². The van der Waals surface area contributed by atoms with Crippen molar-refractivity contribution in [2.24, 2.45) is 0 Å². The van der Waals surface area contributed by atoms with E-state index in [1.807, 2.05) is 0 Å². The van der Waals surface area contributed by atoms with Crippen molar-refractivity contribution < 1.29 is 89.1 Å². The number of carboxylic acids is 1. The van der Waals surface area contributed by atoms with Gasteiger partial charge in [0.2, 0.25) is 0 Å². The minimum Gasteiger partial charge on any atom is -0.476 e. The third-order valence-electron chi connectivity index (χ3n) is 3.62. The molecule has 0 saturated carbocycles. The van der Waals surface area contributed by atoms with Crippen LogP contribution in [0.1, 0.15) is 16.7 Å². The number of fused-ring (bicyclic) bond motifs is 1. The molecule has 0 unspecified atom stereocenters. The summed E-state index contributed by atoms with van der Waals surface area (Å²) in [6.07, 6.45) is -4.91. The summed E-state index contributed by atoms with van der Waals surface area (Å²) < 4.78 is 5.74. The van der Waals surface area contributed by atoms with Gasteiger partial charge in [0.15, 0.2) is 23.0 Å². The molecule has 3 rings (SSSR count). The summed E-state index contributed by atoms with van der Waals surface area (Å²) in [6.45, 7) is -0.621. The molecule has 2 aromatic heterocycles. The molecule has 1 aliphatic rings. The van der Waals surface area contributed by atoms with Crippen molar-refractivity contribution >= 4 is 17.0 Å². The van der Waals surface area contributed by atoms with Gasteiger partial charge in [0.25, 0.3) is 11.1 Å². The van der Waals surface area contributed by atoms with E-state index in [-0.39, 0.29) is 64.6 Å². The minimum atomic E-state index is -1.61. The van der Waals surface area contributed by atoms with Crippen molar-refractivity contribution in [3.05, 3.63) is 32.6 Å². The van der Waals surface area contributed by atoms with Gasteiger partial charge in [0, 0.05) is 0 Å². The van der Waals surface area contributed by atoms with E-state index in [1.165, 1.54) is 0 Å². The molecule has 4 atom stereocenters. The number of carbonyl (C=O) groups is 1. The molecule has 2 aromatic rings. The van der Waals surface area contributed by atoms with Crippen molar-refractivity contribution in [2.45, 2.75) is 24.5 Å². The van der Waals surface area contributed by atoms with E-state index in [9.17, 15) is 24.6 Å². The Morgan fingerprint density at radius 1 is 1.23 bits per heavy atom. The van der Waals surface area contributed by atoms with E-state index in [0.717, 1.165) is 6.20 Å². The number of nitrogens with zero attached hydrogens (tertiary/aromatic N) is 3. The number of hydrogen-bond acceptors (Lipinski definition) is 9.